The minimum Gasteiger partial charge on any atom is -0.361 e. The molecule has 0 aliphatic carbocycles. The highest BCUT2D eigenvalue weighted by molar-refractivity contribution is 5.85. The molecule has 7 rings (SSSR count). The SMILES string of the molecule is c1cc(Cn2ccnn2)cc(Nc2ncnc(-n3c(Nc4ccc5[nH]ccc5c4)nc4ccccc43)n2)c1. The fourth-order valence-corrected chi connectivity index (χ4v) is 4.41. The van der Waals surface area contributed by atoms with E-state index >= 15 is 0 Å². The van der Waals surface area contributed by atoms with Crippen LogP contribution in [0.2, 0.25) is 0 Å². The van der Waals surface area contributed by atoms with Gasteiger partial charge in [0.2, 0.25) is 17.8 Å². The summed E-state index contributed by atoms with van der Waals surface area (Å²) in [6.45, 7) is 0.614. The number of H-pyrrole nitrogens is 1. The van der Waals surface area contributed by atoms with Gasteiger partial charge in [0.15, 0.2) is 0 Å². The number of hydrogen-bond donors (Lipinski definition) is 3. The van der Waals surface area contributed by atoms with Crippen LogP contribution in [0.25, 0.3) is 27.9 Å². The molecule has 184 valence electrons. The van der Waals surface area contributed by atoms with Gasteiger partial charge in [-0.2, -0.15) is 4.98 Å². The molecule has 0 spiro atoms. The molecule has 4 aromatic heterocycles. The summed E-state index contributed by atoms with van der Waals surface area (Å²) in [5.74, 6) is 1.47. The molecule has 3 aromatic carbocycles. The molecule has 11 nitrogen and oxygen atoms in total. The van der Waals surface area contributed by atoms with Gasteiger partial charge in [0, 0.05) is 34.7 Å². The number of aromatic nitrogens is 9. The van der Waals surface area contributed by atoms with Crippen LogP contribution < -0.4 is 10.6 Å². The summed E-state index contributed by atoms with van der Waals surface area (Å²) in [7, 11) is 0. The second kappa shape index (κ2) is 9.13. The summed E-state index contributed by atoms with van der Waals surface area (Å²) in [6, 6.07) is 24.0. The Hall–Kier alpha value is -5.58. The number of para-hydroxylation sites is 2. The van der Waals surface area contributed by atoms with Gasteiger partial charge < -0.3 is 15.6 Å². The third-order valence-corrected chi connectivity index (χ3v) is 6.13. The van der Waals surface area contributed by atoms with Crippen LogP contribution in [-0.2, 0) is 6.54 Å². The highest BCUT2D eigenvalue weighted by atomic mass is 15.4. The summed E-state index contributed by atoms with van der Waals surface area (Å²) in [5, 5.41) is 15.7. The van der Waals surface area contributed by atoms with Crippen LogP contribution >= 0.6 is 0 Å². The normalized spacial score (nSPS) is 11.3. The number of benzene rings is 3. The first-order chi connectivity index (χ1) is 18.8. The summed E-state index contributed by atoms with van der Waals surface area (Å²) < 4.78 is 3.66. The number of hydrogen-bond acceptors (Lipinski definition) is 8. The first kappa shape index (κ1) is 21.7. The second-order valence-corrected chi connectivity index (χ2v) is 8.70. The van der Waals surface area contributed by atoms with Gasteiger partial charge in [0.25, 0.3) is 0 Å². The van der Waals surface area contributed by atoms with Gasteiger partial charge in [-0.3, -0.25) is 0 Å². The second-order valence-electron chi connectivity index (χ2n) is 8.70. The lowest BCUT2D eigenvalue weighted by molar-refractivity contribution is 0.650. The summed E-state index contributed by atoms with van der Waals surface area (Å²) in [4.78, 5) is 21.6. The number of nitrogens with one attached hydrogen (secondary N) is 3. The Morgan fingerprint density at radius 3 is 2.74 bits per heavy atom. The molecule has 0 bridgehead atoms. The van der Waals surface area contributed by atoms with E-state index in [1.165, 1.54) is 6.33 Å². The minimum absolute atomic E-state index is 0.422. The van der Waals surface area contributed by atoms with E-state index in [0.29, 0.717) is 24.4 Å². The van der Waals surface area contributed by atoms with Crippen molar-refractivity contribution in [3.8, 4) is 5.95 Å². The van der Waals surface area contributed by atoms with E-state index in [1.54, 1.807) is 10.9 Å². The Morgan fingerprint density at radius 2 is 1.79 bits per heavy atom. The number of imidazole rings is 1. The number of anilines is 4. The molecule has 0 fully saturated rings. The van der Waals surface area contributed by atoms with Crippen molar-refractivity contribution in [2.24, 2.45) is 0 Å². The third-order valence-electron chi connectivity index (χ3n) is 6.13. The highest BCUT2D eigenvalue weighted by Crippen LogP contribution is 2.27. The molecular weight excluding hydrogens is 478 g/mol. The quantitative estimate of drug-likeness (QED) is 0.285. The van der Waals surface area contributed by atoms with Crippen molar-refractivity contribution in [1.29, 1.82) is 0 Å². The van der Waals surface area contributed by atoms with Crippen LogP contribution in [0.5, 0.6) is 0 Å². The van der Waals surface area contributed by atoms with Gasteiger partial charge >= 0.3 is 0 Å². The average Bonchev–Trinajstić information content (AvgIpc) is 3.69. The maximum absolute atomic E-state index is 4.82. The highest BCUT2D eigenvalue weighted by Gasteiger charge is 2.16. The molecule has 0 aliphatic rings. The molecule has 7 aromatic rings. The van der Waals surface area contributed by atoms with E-state index in [4.69, 9.17) is 9.97 Å². The number of aromatic amines is 1. The first-order valence-corrected chi connectivity index (χ1v) is 12.0. The lowest BCUT2D eigenvalue weighted by Crippen LogP contribution is -2.08. The lowest BCUT2D eigenvalue weighted by atomic mass is 10.2. The predicted molar refractivity (Wildman–Crippen MR) is 145 cm³/mol. The number of nitrogens with zero attached hydrogens (tertiary/aromatic N) is 8. The zero-order chi connectivity index (χ0) is 25.3. The molecule has 0 saturated carbocycles. The molecular formula is C27H21N11. The monoisotopic (exact) mass is 499 g/mol. The maximum Gasteiger partial charge on any atom is 0.241 e. The van der Waals surface area contributed by atoms with Crippen molar-refractivity contribution in [3.05, 3.63) is 103 Å². The molecule has 0 atom stereocenters. The topological polar surface area (TPSA) is 127 Å². The Kier molecular flexibility index (Phi) is 5.21. The minimum atomic E-state index is 0.422. The van der Waals surface area contributed by atoms with Gasteiger partial charge in [0.1, 0.15) is 6.33 Å². The Bertz CT molecular complexity index is 1870. The van der Waals surface area contributed by atoms with Gasteiger partial charge in [-0.15, -0.1) is 5.10 Å². The van der Waals surface area contributed by atoms with Crippen molar-refractivity contribution in [1.82, 2.24) is 44.5 Å². The van der Waals surface area contributed by atoms with Crippen LogP contribution in [0.15, 0.2) is 97.7 Å². The predicted octanol–water partition coefficient (Wildman–Crippen LogP) is 4.82. The Labute approximate surface area is 216 Å². The van der Waals surface area contributed by atoms with Gasteiger partial charge in [0.05, 0.1) is 23.8 Å². The third kappa shape index (κ3) is 4.17. The smallest absolute Gasteiger partial charge is 0.241 e. The van der Waals surface area contributed by atoms with E-state index < -0.39 is 0 Å². The van der Waals surface area contributed by atoms with Crippen molar-refractivity contribution in [3.63, 3.8) is 0 Å². The van der Waals surface area contributed by atoms with Crippen LogP contribution in [0.1, 0.15) is 5.56 Å². The zero-order valence-electron chi connectivity index (χ0n) is 20.0. The van der Waals surface area contributed by atoms with E-state index in [-0.39, 0.29) is 0 Å². The van der Waals surface area contributed by atoms with Crippen LogP contribution in [0.4, 0.5) is 23.3 Å². The molecule has 4 heterocycles. The van der Waals surface area contributed by atoms with Crippen LogP contribution in [0, 0.1) is 0 Å². The largest absolute Gasteiger partial charge is 0.361 e. The zero-order valence-corrected chi connectivity index (χ0v) is 20.0. The van der Waals surface area contributed by atoms with Gasteiger partial charge in [-0.05, 0) is 54.1 Å². The summed E-state index contributed by atoms with van der Waals surface area (Å²) in [5.41, 5.74) is 5.61. The Morgan fingerprint density at radius 1 is 0.842 bits per heavy atom. The lowest BCUT2D eigenvalue weighted by Gasteiger charge is -2.11. The standard InChI is InChI=1S/C27H21N11/c1-2-7-24-23(6-1)34-27(33-21-8-9-22-19(15-21)10-11-28-22)38(24)26-30-17-29-25(35-26)32-20-5-3-4-18(14-20)16-37-13-12-31-36-37/h1-15,17,28H,16H2,(H,33,34)(H,29,30,32,35). The van der Waals surface area contributed by atoms with Crippen molar-refractivity contribution < 1.29 is 0 Å². The number of fused-ring (bicyclic) bond motifs is 2. The van der Waals surface area contributed by atoms with E-state index in [9.17, 15) is 0 Å². The van der Waals surface area contributed by atoms with E-state index in [0.717, 1.165) is 38.9 Å². The van der Waals surface area contributed by atoms with E-state index in [1.807, 2.05) is 83.7 Å². The van der Waals surface area contributed by atoms with Crippen LogP contribution in [-0.4, -0.2) is 44.5 Å². The molecule has 3 N–H and O–H groups in total. The van der Waals surface area contributed by atoms with Crippen molar-refractivity contribution >= 4 is 45.2 Å². The van der Waals surface area contributed by atoms with Gasteiger partial charge in [-0.25, -0.2) is 24.2 Å². The molecule has 0 saturated heterocycles. The molecule has 0 unspecified atom stereocenters. The molecule has 0 radical (unpaired) electrons. The fraction of sp³-hybridized carbons (Fsp3) is 0.0370. The molecule has 11 heteroatoms. The Balaban J connectivity index is 1.22. The van der Waals surface area contributed by atoms with Crippen molar-refractivity contribution in [2.45, 2.75) is 6.54 Å². The first-order valence-electron chi connectivity index (χ1n) is 12.0. The summed E-state index contributed by atoms with van der Waals surface area (Å²) >= 11 is 0. The summed E-state index contributed by atoms with van der Waals surface area (Å²) in [6.07, 6.45) is 6.91. The number of rotatable bonds is 7. The molecule has 38 heavy (non-hydrogen) atoms. The molecule has 0 aliphatic heterocycles. The molecule has 0 amide bonds. The average molecular weight is 500 g/mol. The van der Waals surface area contributed by atoms with E-state index in [2.05, 4.69) is 42.0 Å². The van der Waals surface area contributed by atoms with Gasteiger partial charge in [-0.1, -0.05) is 29.5 Å². The maximum atomic E-state index is 4.82. The van der Waals surface area contributed by atoms with Crippen LogP contribution in [0.3, 0.4) is 0 Å². The van der Waals surface area contributed by atoms with Crippen molar-refractivity contribution in [2.75, 3.05) is 10.6 Å². The fourth-order valence-electron chi connectivity index (χ4n) is 4.41.